The summed E-state index contributed by atoms with van der Waals surface area (Å²) in [7, 11) is 1.54. The minimum atomic E-state index is -0.584. The van der Waals surface area contributed by atoms with Crippen LogP contribution < -0.4 is 19.5 Å². The van der Waals surface area contributed by atoms with Crippen LogP contribution in [0.25, 0.3) is 6.08 Å². The molecule has 7 heteroatoms. The number of rotatable bonds is 6. The second kappa shape index (κ2) is 9.67. The van der Waals surface area contributed by atoms with E-state index in [-0.39, 0.29) is 18.6 Å². The molecule has 0 saturated heterocycles. The molecule has 0 aromatic heterocycles. The van der Waals surface area contributed by atoms with E-state index in [4.69, 9.17) is 18.9 Å². The summed E-state index contributed by atoms with van der Waals surface area (Å²) in [6, 6.07) is 3.65. The highest BCUT2D eigenvalue weighted by Crippen LogP contribution is 2.40. The van der Waals surface area contributed by atoms with Gasteiger partial charge >= 0.3 is 5.97 Å². The monoisotopic (exact) mass is 403 g/mol. The molecule has 158 valence electrons. The van der Waals surface area contributed by atoms with Crippen LogP contribution in [-0.2, 0) is 14.3 Å². The molecular weight excluding hydrogens is 374 g/mol. The van der Waals surface area contributed by atoms with Gasteiger partial charge in [0.25, 0.3) is 5.91 Å². The topological polar surface area (TPSA) is 83.1 Å². The fourth-order valence-corrected chi connectivity index (χ4v) is 3.77. The molecule has 1 fully saturated rings. The lowest BCUT2D eigenvalue weighted by atomic mass is 9.78. The Morgan fingerprint density at radius 2 is 2.00 bits per heavy atom. The molecule has 7 nitrogen and oxygen atoms in total. The molecule has 0 bridgehead atoms. The van der Waals surface area contributed by atoms with Crippen molar-refractivity contribution >= 4 is 18.0 Å². The fourth-order valence-electron chi connectivity index (χ4n) is 3.77. The Kier molecular flexibility index (Phi) is 7.01. The third-order valence-electron chi connectivity index (χ3n) is 5.66. The highest BCUT2D eigenvalue weighted by molar-refractivity contribution is 5.89. The number of nitrogens with one attached hydrogen (secondary N) is 1. The van der Waals surface area contributed by atoms with Crippen LogP contribution in [-0.4, -0.2) is 44.8 Å². The van der Waals surface area contributed by atoms with Gasteiger partial charge in [0.2, 0.25) is 5.75 Å². The number of carbonyl (C=O) groups excluding carboxylic acids is 2. The van der Waals surface area contributed by atoms with E-state index in [1.807, 2.05) is 0 Å². The van der Waals surface area contributed by atoms with Gasteiger partial charge in [0.05, 0.1) is 7.11 Å². The van der Waals surface area contributed by atoms with Gasteiger partial charge in [-0.05, 0) is 42.0 Å². The summed E-state index contributed by atoms with van der Waals surface area (Å²) >= 11 is 0. The largest absolute Gasteiger partial charge is 0.493 e. The van der Waals surface area contributed by atoms with Gasteiger partial charge in [0, 0.05) is 12.1 Å². The smallest absolute Gasteiger partial charge is 0.331 e. The van der Waals surface area contributed by atoms with Crippen LogP contribution >= 0.6 is 0 Å². The summed E-state index contributed by atoms with van der Waals surface area (Å²) in [5.41, 5.74) is 0.706. The average molecular weight is 403 g/mol. The maximum atomic E-state index is 12.1. The maximum absolute atomic E-state index is 12.1. The van der Waals surface area contributed by atoms with E-state index in [0.29, 0.717) is 47.9 Å². The molecule has 3 atom stereocenters. The number of esters is 1. The molecule has 1 amide bonds. The number of benzene rings is 1. The van der Waals surface area contributed by atoms with E-state index in [1.54, 1.807) is 25.3 Å². The number of methoxy groups -OCH3 is 1. The van der Waals surface area contributed by atoms with Crippen LogP contribution in [0, 0.1) is 11.8 Å². The first-order valence-corrected chi connectivity index (χ1v) is 10.1. The average Bonchev–Trinajstić information content (AvgIpc) is 2.73. The van der Waals surface area contributed by atoms with Crippen molar-refractivity contribution in [1.82, 2.24) is 5.32 Å². The van der Waals surface area contributed by atoms with Crippen molar-refractivity contribution in [2.45, 2.75) is 39.2 Å². The van der Waals surface area contributed by atoms with Gasteiger partial charge in [-0.1, -0.05) is 26.7 Å². The van der Waals surface area contributed by atoms with E-state index in [1.165, 1.54) is 12.5 Å². The van der Waals surface area contributed by atoms with E-state index in [0.717, 1.165) is 12.8 Å². The van der Waals surface area contributed by atoms with Crippen LogP contribution in [0.2, 0.25) is 0 Å². The Hall–Kier alpha value is -2.70. The van der Waals surface area contributed by atoms with Gasteiger partial charge in [-0.2, -0.15) is 0 Å². The summed E-state index contributed by atoms with van der Waals surface area (Å²) in [4.78, 5) is 24.1. The van der Waals surface area contributed by atoms with Crippen molar-refractivity contribution in [2.75, 3.05) is 26.9 Å². The Morgan fingerprint density at radius 1 is 1.21 bits per heavy atom. The first kappa shape index (κ1) is 21.0. The second-order valence-electron chi connectivity index (χ2n) is 7.63. The summed E-state index contributed by atoms with van der Waals surface area (Å²) in [6.45, 7) is 5.00. The zero-order valence-electron chi connectivity index (χ0n) is 17.2. The minimum absolute atomic E-state index is 0.144. The number of carbonyl (C=O) groups is 2. The highest BCUT2D eigenvalue weighted by atomic mass is 16.6. The maximum Gasteiger partial charge on any atom is 0.331 e. The van der Waals surface area contributed by atoms with Crippen molar-refractivity contribution in [3.63, 3.8) is 0 Å². The predicted molar refractivity (Wildman–Crippen MR) is 108 cm³/mol. The summed E-state index contributed by atoms with van der Waals surface area (Å²) in [5.74, 6) is 1.82. The molecule has 0 radical (unpaired) electrons. The Labute approximate surface area is 171 Å². The molecule has 2 aliphatic rings. The summed E-state index contributed by atoms with van der Waals surface area (Å²) in [5, 5.41) is 2.99. The Bertz CT molecular complexity index is 758. The van der Waals surface area contributed by atoms with Crippen LogP contribution in [0.3, 0.4) is 0 Å². The molecule has 0 unspecified atom stereocenters. The van der Waals surface area contributed by atoms with Gasteiger partial charge in [0.15, 0.2) is 18.1 Å². The van der Waals surface area contributed by atoms with Crippen molar-refractivity contribution in [3.8, 4) is 17.2 Å². The molecular formula is C22H29NO6. The lowest BCUT2D eigenvalue weighted by molar-refractivity contribution is -0.144. The SMILES string of the molecule is COc1cc(/C=C/C(=O)OCC(=O)N[C@@H]2CCC[C@H](C)[C@H]2C)cc2c1OCCO2. The zero-order valence-corrected chi connectivity index (χ0v) is 17.2. The predicted octanol–water partition coefficient (Wildman–Crippen LogP) is 2.96. The van der Waals surface area contributed by atoms with Gasteiger partial charge in [-0.25, -0.2) is 4.79 Å². The van der Waals surface area contributed by atoms with Crippen molar-refractivity contribution < 1.29 is 28.5 Å². The third kappa shape index (κ3) is 5.43. The molecule has 1 N–H and O–H groups in total. The van der Waals surface area contributed by atoms with Gasteiger partial charge in [-0.15, -0.1) is 0 Å². The van der Waals surface area contributed by atoms with Gasteiger partial charge < -0.3 is 24.3 Å². The first-order chi connectivity index (χ1) is 14.0. The molecule has 0 spiro atoms. The van der Waals surface area contributed by atoms with E-state index in [2.05, 4.69) is 19.2 Å². The fraction of sp³-hybridized carbons (Fsp3) is 0.545. The molecule has 1 heterocycles. The number of hydrogen-bond acceptors (Lipinski definition) is 6. The molecule has 1 aliphatic carbocycles. The lowest BCUT2D eigenvalue weighted by Crippen LogP contribution is -2.45. The molecule has 3 rings (SSSR count). The molecule has 1 saturated carbocycles. The van der Waals surface area contributed by atoms with Gasteiger partial charge in [-0.3, -0.25) is 4.79 Å². The third-order valence-corrected chi connectivity index (χ3v) is 5.66. The van der Waals surface area contributed by atoms with Crippen LogP contribution in [0.5, 0.6) is 17.2 Å². The quantitative estimate of drug-likeness (QED) is 0.581. The number of ether oxygens (including phenoxy) is 4. The lowest BCUT2D eigenvalue weighted by Gasteiger charge is -2.34. The minimum Gasteiger partial charge on any atom is -0.493 e. The Morgan fingerprint density at radius 3 is 2.79 bits per heavy atom. The number of amides is 1. The van der Waals surface area contributed by atoms with E-state index >= 15 is 0 Å². The number of fused-ring (bicyclic) bond motifs is 1. The zero-order chi connectivity index (χ0) is 20.8. The molecule has 1 aromatic carbocycles. The van der Waals surface area contributed by atoms with Crippen molar-refractivity contribution in [1.29, 1.82) is 0 Å². The second-order valence-corrected chi connectivity index (χ2v) is 7.63. The van der Waals surface area contributed by atoms with Gasteiger partial charge in [0.1, 0.15) is 13.2 Å². The van der Waals surface area contributed by atoms with Crippen molar-refractivity contribution in [2.24, 2.45) is 11.8 Å². The van der Waals surface area contributed by atoms with Crippen LogP contribution in [0.15, 0.2) is 18.2 Å². The molecule has 1 aliphatic heterocycles. The van der Waals surface area contributed by atoms with E-state index < -0.39 is 5.97 Å². The van der Waals surface area contributed by atoms with E-state index in [9.17, 15) is 9.59 Å². The summed E-state index contributed by atoms with van der Waals surface area (Å²) in [6.07, 6.45) is 6.14. The van der Waals surface area contributed by atoms with Crippen molar-refractivity contribution in [3.05, 3.63) is 23.8 Å². The van der Waals surface area contributed by atoms with Crippen LogP contribution in [0.1, 0.15) is 38.7 Å². The van der Waals surface area contributed by atoms with Crippen LogP contribution in [0.4, 0.5) is 0 Å². The molecule has 1 aromatic rings. The normalized spacial score (nSPS) is 23.5. The molecule has 29 heavy (non-hydrogen) atoms. The Balaban J connectivity index is 1.51. The standard InChI is InChI=1S/C22H29NO6/c1-14-5-4-6-17(15(14)2)23-20(24)13-29-21(25)8-7-16-11-18(26-3)22-19(12-16)27-9-10-28-22/h7-8,11-12,14-15,17H,4-6,9-10,13H2,1-3H3,(H,23,24)/b8-7+/t14-,15+,17+/m0/s1. The number of hydrogen-bond donors (Lipinski definition) is 1. The first-order valence-electron chi connectivity index (χ1n) is 10.1. The highest BCUT2D eigenvalue weighted by Gasteiger charge is 2.28. The summed E-state index contributed by atoms with van der Waals surface area (Å²) < 4.78 is 21.5.